The molecule has 0 aliphatic rings. The summed E-state index contributed by atoms with van der Waals surface area (Å²) in [5.74, 6) is -1.25. The summed E-state index contributed by atoms with van der Waals surface area (Å²) in [6.45, 7) is 3.42. The van der Waals surface area contributed by atoms with Gasteiger partial charge in [0.1, 0.15) is 5.82 Å². The summed E-state index contributed by atoms with van der Waals surface area (Å²) in [7, 11) is -3.38. The Labute approximate surface area is 179 Å². The van der Waals surface area contributed by atoms with Crippen molar-refractivity contribution in [3.63, 3.8) is 0 Å². The molecule has 1 aromatic heterocycles. The molecule has 0 fully saturated rings. The molecule has 7 nitrogen and oxygen atoms in total. The minimum atomic E-state index is -3.38. The van der Waals surface area contributed by atoms with E-state index in [1.54, 1.807) is 48.7 Å². The fourth-order valence-corrected chi connectivity index (χ4v) is 3.91. The van der Waals surface area contributed by atoms with Gasteiger partial charge in [0.25, 0.3) is 0 Å². The maximum Gasteiger partial charge on any atom is 0.361 e. The average molecular weight is 444 g/mol. The van der Waals surface area contributed by atoms with E-state index in [1.165, 1.54) is 24.3 Å². The van der Waals surface area contributed by atoms with Gasteiger partial charge in [-0.2, -0.15) is 0 Å². The molecule has 0 bridgehead atoms. The van der Waals surface area contributed by atoms with E-state index in [4.69, 9.17) is 4.74 Å². The maximum absolute atomic E-state index is 13.9. The molecular formula is C22H21FN2O5S. The first-order valence-corrected chi connectivity index (χ1v) is 11.2. The molecule has 9 heteroatoms. The number of halogens is 1. The van der Waals surface area contributed by atoms with Gasteiger partial charge >= 0.3 is 5.97 Å². The minimum Gasteiger partial charge on any atom is -0.461 e. The largest absolute Gasteiger partial charge is 0.461 e. The van der Waals surface area contributed by atoms with Crippen LogP contribution in [0.15, 0.2) is 64.6 Å². The number of sulfone groups is 1. The number of benzene rings is 2. The fourth-order valence-electron chi connectivity index (χ4n) is 3.28. The van der Waals surface area contributed by atoms with E-state index in [9.17, 15) is 22.8 Å². The Kier molecular flexibility index (Phi) is 6.26. The Hall–Kier alpha value is -3.46. The zero-order valence-electron chi connectivity index (χ0n) is 17.2. The van der Waals surface area contributed by atoms with E-state index in [1.807, 2.05) is 0 Å². The van der Waals surface area contributed by atoms with E-state index in [0.717, 1.165) is 6.26 Å². The van der Waals surface area contributed by atoms with Gasteiger partial charge in [0.05, 0.1) is 17.2 Å². The van der Waals surface area contributed by atoms with E-state index in [0.29, 0.717) is 28.2 Å². The Bertz CT molecular complexity index is 1260. The van der Waals surface area contributed by atoms with Gasteiger partial charge in [-0.25, -0.2) is 17.6 Å². The lowest BCUT2D eigenvalue weighted by atomic mass is 10.1. The molecular weight excluding hydrogens is 423 g/mol. The molecule has 0 atom stereocenters. The number of aromatic nitrogens is 1. The van der Waals surface area contributed by atoms with Crippen LogP contribution in [0.5, 0.6) is 0 Å². The highest BCUT2D eigenvalue weighted by Gasteiger charge is 2.24. The topological polar surface area (TPSA) is 98.0 Å². The molecule has 0 amide bonds. The summed E-state index contributed by atoms with van der Waals surface area (Å²) >= 11 is 0. The van der Waals surface area contributed by atoms with Crippen molar-refractivity contribution in [2.75, 3.05) is 12.9 Å². The molecule has 162 valence electrons. The maximum atomic E-state index is 13.9. The number of oxime groups is 1. The lowest BCUT2D eigenvalue weighted by Gasteiger charge is -2.13. The van der Waals surface area contributed by atoms with Gasteiger partial charge in [-0.15, -0.1) is 0 Å². The van der Waals surface area contributed by atoms with Crippen molar-refractivity contribution in [2.24, 2.45) is 5.16 Å². The first-order chi connectivity index (χ1) is 14.7. The summed E-state index contributed by atoms with van der Waals surface area (Å²) in [5.41, 5.74) is 2.16. The second-order valence-electron chi connectivity index (χ2n) is 6.81. The van der Waals surface area contributed by atoms with Crippen molar-refractivity contribution in [2.45, 2.75) is 18.7 Å². The second-order valence-corrected chi connectivity index (χ2v) is 8.83. The van der Waals surface area contributed by atoms with Gasteiger partial charge in [-0.05, 0) is 55.8 Å². The van der Waals surface area contributed by atoms with Gasteiger partial charge in [0.2, 0.25) is 0 Å². The second kappa shape index (κ2) is 8.73. The quantitative estimate of drug-likeness (QED) is 0.270. The summed E-state index contributed by atoms with van der Waals surface area (Å²) in [4.78, 5) is 12.4. The van der Waals surface area contributed by atoms with Crippen LogP contribution in [-0.2, 0) is 19.4 Å². The van der Waals surface area contributed by atoms with Crippen LogP contribution in [0.4, 0.5) is 4.39 Å². The van der Waals surface area contributed by atoms with E-state index < -0.39 is 21.6 Å². The van der Waals surface area contributed by atoms with Crippen LogP contribution in [0, 0.1) is 12.7 Å². The molecule has 0 spiro atoms. The van der Waals surface area contributed by atoms with Crippen molar-refractivity contribution in [1.29, 1.82) is 0 Å². The molecule has 2 aromatic carbocycles. The first-order valence-electron chi connectivity index (χ1n) is 9.35. The lowest BCUT2D eigenvalue weighted by molar-refractivity contribution is -0.135. The molecule has 0 saturated carbocycles. The van der Waals surface area contributed by atoms with Crippen molar-refractivity contribution >= 4 is 21.5 Å². The number of hydrogen-bond acceptors (Lipinski definition) is 6. The van der Waals surface area contributed by atoms with Gasteiger partial charge in [0.15, 0.2) is 15.5 Å². The highest BCUT2D eigenvalue weighted by molar-refractivity contribution is 7.90. The van der Waals surface area contributed by atoms with Crippen LogP contribution in [0.1, 0.15) is 18.2 Å². The summed E-state index contributed by atoms with van der Waals surface area (Å²) in [6, 6.07) is 13.6. The van der Waals surface area contributed by atoms with Gasteiger partial charge < -0.3 is 14.5 Å². The predicted molar refractivity (Wildman–Crippen MR) is 114 cm³/mol. The Morgan fingerprint density at radius 2 is 1.84 bits per heavy atom. The molecule has 3 rings (SSSR count). The molecule has 31 heavy (non-hydrogen) atoms. The van der Waals surface area contributed by atoms with E-state index in [-0.39, 0.29) is 17.2 Å². The van der Waals surface area contributed by atoms with Gasteiger partial charge in [-0.1, -0.05) is 23.4 Å². The highest BCUT2D eigenvalue weighted by Crippen LogP contribution is 2.31. The monoisotopic (exact) mass is 444 g/mol. The number of esters is 1. The molecule has 0 unspecified atom stereocenters. The smallest absolute Gasteiger partial charge is 0.361 e. The number of carbonyl (C=O) groups is 1. The third-order valence-electron chi connectivity index (χ3n) is 4.72. The third kappa shape index (κ3) is 4.51. The standard InChI is InChI=1S/C22H21FN2O5S/c1-4-30-22(26)21(24-27)19-13-20(15-8-10-18(11-9-15)31(3,28)29)25(14(19)2)17-7-5-6-16(23)12-17/h5-13,27H,4H2,1-3H3/b24-21-. The third-order valence-corrected chi connectivity index (χ3v) is 5.84. The van der Waals surface area contributed by atoms with Crippen molar-refractivity contribution in [3.05, 3.63) is 71.7 Å². The number of rotatable bonds is 6. The molecule has 0 radical (unpaired) electrons. The normalized spacial score (nSPS) is 12.1. The van der Waals surface area contributed by atoms with Crippen LogP contribution >= 0.6 is 0 Å². The number of carbonyl (C=O) groups excluding carboxylic acids is 1. The van der Waals surface area contributed by atoms with Crippen LogP contribution in [-0.4, -0.2) is 42.7 Å². The summed E-state index contributed by atoms with van der Waals surface area (Å²) in [6.07, 6.45) is 1.11. The van der Waals surface area contributed by atoms with Crippen LogP contribution in [0.3, 0.4) is 0 Å². The summed E-state index contributed by atoms with van der Waals surface area (Å²) in [5, 5.41) is 12.6. The molecule has 0 saturated heterocycles. The van der Waals surface area contributed by atoms with E-state index >= 15 is 0 Å². The lowest BCUT2D eigenvalue weighted by Crippen LogP contribution is -2.19. The van der Waals surface area contributed by atoms with Crippen molar-refractivity contribution in [1.82, 2.24) is 4.57 Å². The van der Waals surface area contributed by atoms with Crippen molar-refractivity contribution in [3.8, 4) is 16.9 Å². The van der Waals surface area contributed by atoms with E-state index in [2.05, 4.69) is 5.16 Å². The van der Waals surface area contributed by atoms with Gasteiger partial charge in [-0.3, -0.25) is 0 Å². The Morgan fingerprint density at radius 1 is 1.16 bits per heavy atom. The number of nitrogens with zero attached hydrogens (tertiary/aromatic N) is 2. The van der Waals surface area contributed by atoms with Gasteiger partial charge in [0, 0.05) is 23.2 Å². The molecule has 1 N–H and O–H groups in total. The SMILES string of the molecule is CCOC(=O)/C(=N\O)c1cc(-c2ccc(S(C)(=O)=O)cc2)n(-c2cccc(F)c2)c1C. The first kappa shape index (κ1) is 22.2. The molecule has 0 aliphatic carbocycles. The minimum absolute atomic E-state index is 0.0985. The number of hydrogen-bond donors (Lipinski definition) is 1. The zero-order chi connectivity index (χ0) is 22.8. The average Bonchev–Trinajstić information content (AvgIpc) is 3.05. The van der Waals surface area contributed by atoms with Crippen LogP contribution in [0.25, 0.3) is 16.9 Å². The molecule has 3 aromatic rings. The molecule has 0 aliphatic heterocycles. The Morgan fingerprint density at radius 3 is 2.39 bits per heavy atom. The molecule has 1 heterocycles. The number of ether oxygens (including phenoxy) is 1. The van der Waals surface area contributed by atoms with Crippen LogP contribution in [0.2, 0.25) is 0 Å². The van der Waals surface area contributed by atoms with Crippen LogP contribution < -0.4 is 0 Å². The Balaban J connectivity index is 2.25. The van der Waals surface area contributed by atoms with Crippen molar-refractivity contribution < 1.29 is 27.5 Å². The predicted octanol–water partition coefficient (Wildman–Crippen LogP) is 3.74. The summed E-state index contributed by atoms with van der Waals surface area (Å²) < 4.78 is 44.2. The fraction of sp³-hybridized carbons (Fsp3) is 0.182. The highest BCUT2D eigenvalue weighted by atomic mass is 32.2. The zero-order valence-corrected chi connectivity index (χ0v) is 18.0.